The summed E-state index contributed by atoms with van der Waals surface area (Å²) in [4.78, 5) is 3.32. The third kappa shape index (κ3) is 1.82. The molecule has 0 radical (unpaired) electrons. The second kappa shape index (κ2) is 3.87. The number of rotatable bonds is 1. The summed E-state index contributed by atoms with van der Waals surface area (Å²) in [5.41, 5.74) is 0. The maximum absolute atomic E-state index is 9.22. The fourth-order valence-electron chi connectivity index (χ4n) is 1.12. The van der Waals surface area contributed by atoms with Gasteiger partial charge in [0.2, 0.25) is 0 Å². The highest BCUT2D eigenvalue weighted by Gasteiger charge is 2.04. The zero-order valence-electron chi connectivity index (χ0n) is 7.57. The molecule has 1 nitrogen and oxygen atoms in total. The molecule has 0 spiro atoms. The topological polar surface area (TPSA) is 20.2 Å². The van der Waals surface area contributed by atoms with Crippen molar-refractivity contribution < 1.29 is 5.11 Å². The van der Waals surface area contributed by atoms with Crippen molar-refractivity contribution in [3.8, 4) is 26.7 Å². The Kier molecular flexibility index (Phi) is 2.58. The molecule has 0 atom stereocenters. The second-order valence-corrected chi connectivity index (χ2v) is 4.82. The third-order valence-electron chi connectivity index (χ3n) is 1.69. The van der Waals surface area contributed by atoms with E-state index in [1.807, 2.05) is 25.1 Å². The van der Waals surface area contributed by atoms with Crippen LogP contribution in [0.5, 0.6) is 5.06 Å². The number of hydrogen-bond donors (Lipinski definition) is 1. The van der Waals surface area contributed by atoms with Gasteiger partial charge in [-0.2, -0.15) is 0 Å². The van der Waals surface area contributed by atoms with E-state index in [-0.39, 0.29) is 0 Å². The van der Waals surface area contributed by atoms with E-state index in [4.69, 9.17) is 0 Å². The molecule has 0 bridgehead atoms. The SMILES string of the molecule is CC#Cc1ccc(-c2ccc(O)s2)s1. The minimum absolute atomic E-state index is 0.358. The Hall–Kier alpha value is -1.24. The minimum atomic E-state index is 0.358. The van der Waals surface area contributed by atoms with Crippen LogP contribution >= 0.6 is 22.7 Å². The van der Waals surface area contributed by atoms with Crippen molar-refractivity contribution in [3.63, 3.8) is 0 Å². The van der Waals surface area contributed by atoms with Gasteiger partial charge in [-0.05, 0) is 31.2 Å². The maximum atomic E-state index is 9.22. The second-order valence-electron chi connectivity index (χ2n) is 2.68. The Morgan fingerprint density at radius 3 is 2.43 bits per heavy atom. The molecular formula is C11H8OS2. The van der Waals surface area contributed by atoms with E-state index in [0.29, 0.717) is 5.06 Å². The molecule has 3 heteroatoms. The van der Waals surface area contributed by atoms with Gasteiger partial charge in [-0.15, -0.1) is 17.3 Å². The van der Waals surface area contributed by atoms with Gasteiger partial charge in [-0.25, -0.2) is 0 Å². The summed E-state index contributed by atoms with van der Waals surface area (Å²) in [5.74, 6) is 5.88. The van der Waals surface area contributed by atoms with Gasteiger partial charge in [0, 0.05) is 9.75 Å². The molecule has 0 aliphatic carbocycles. The lowest BCUT2D eigenvalue weighted by Crippen LogP contribution is -1.56. The molecule has 0 amide bonds. The van der Waals surface area contributed by atoms with Gasteiger partial charge in [0.25, 0.3) is 0 Å². The van der Waals surface area contributed by atoms with Crippen LogP contribution < -0.4 is 0 Å². The maximum Gasteiger partial charge on any atom is 0.171 e. The molecule has 70 valence electrons. The van der Waals surface area contributed by atoms with Gasteiger partial charge in [-0.3, -0.25) is 0 Å². The summed E-state index contributed by atoms with van der Waals surface area (Å²) in [6.07, 6.45) is 0. The van der Waals surface area contributed by atoms with Crippen LogP contribution in [0.3, 0.4) is 0 Å². The molecule has 0 aliphatic rings. The van der Waals surface area contributed by atoms with Crippen LogP contribution in [0.4, 0.5) is 0 Å². The van der Waals surface area contributed by atoms with Crippen molar-refractivity contribution >= 4 is 22.7 Å². The van der Waals surface area contributed by atoms with Crippen molar-refractivity contribution in [2.45, 2.75) is 6.92 Å². The lowest BCUT2D eigenvalue weighted by molar-refractivity contribution is 0.491. The predicted octanol–water partition coefficient (Wildman–Crippen LogP) is 3.55. The highest BCUT2D eigenvalue weighted by molar-refractivity contribution is 7.23. The highest BCUT2D eigenvalue weighted by atomic mass is 32.1. The number of aromatic hydroxyl groups is 1. The molecule has 0 aromatic carbocycles. The van der Waals surface area contributed by atoms with Crippen molar-refractivity contribution in [2.75, 3.05) is 0 Å². The zero-order valence-corrected chi connectivity index (χ0v) is 9.21. The van der Waals surface area contributed by atoms with Gasteiger partial charge in [0.05, 0.1) is 4.88 Å². The van der Waals surface area contributed by atoms with Gasteiger partial charge in [0.1, 0.15) is 0 Å². The molecule has 0 fully saturated rings. The molecular weight excluding hydrogens is 212 g/mol. The summed E-state index contributed by atoms with van der Waals surface area (Å²) in [7, 11) is 0. The monoisotopic (exact) mass is 220 g/mol. The van der Waals surface area contributed by atoms with Crippen LogP contribution in [0.15, 0.2) is 24.3 Å². The standard InChI is InChI=1S/C11H8OS2/c1-2-3-8-4-5-9(13-8)10-6-7-11(12)14-10/h4-7,12H,1H3. The van der Waals surface area contributed by atoms with Gasteiger partial charge in [-0.1, -0.05) is 17.3 Å². The fraction of sp³-hybridized carbons (Fsp3) is 0.0909. The smallest absolute Gasteiger partial charge is 0.171 e. The molecule has 0 aliphatic heterocycles. The first-order valence-corrected chi connectivity index (χ1v) is 5.74. The van der Waals surface area contributed by atoms with Crippen LogP contribution in [0.25, 0.3) is 9.75 Å². The average molecular weight is 220 g/mol. The minimum Gasteiger partial charge on any atom is -0.499 e. The molecule has 2 aromatic heterocycles. The predicted molar refractivity (Wildman–Crippen MR) is 61.8 cm³/mol. The normalized spacial score (nSPS) is 9.50. The van der Waals surface area contributed by atoms with Crippen molar-refractivity contribution in [1.82, 2.24) is 0 Å². The van der Waals surface area contributed by atoms with Crippen LogP contribution in [0.2, 0.25) is 0 Å². The highest BCUT2D eigenvalue weighted by Crippen LogP contribution is 2.35. The molecule has 14 heavy (non-hydrogen) atoms. The molecule has 0 unspecified atom stereocenters. The van der Waals surface area contributed by atoms with Gasteiger partial charge in [0.15, 0.2) is 5.06 Å². The molecule has 0 saturated heterocycles. The molecule has 0 saturated carbocycles. The van der Waals surface area contributed by atoms with E-state index in [9.17, 15) is 5.11 Å². The van der Waals surface area contributed by atoms with E-state index in [0.717, 1.165) is 14.6 Å². The van der Waals surface area contributed by atoms with Gasteiger partial charge < -0.3 is 5.11 Å². The van der Waals surface area contributed by atoms with Crippen LogP contribution in [-0.2, 0) is 0 Å². The van der Waals surface area contributed by atoms with Crippen LogP contribution in [0, 0.1) is 11.8 Å². The first-order valence-electron chi connectivity index (χ1n) is 4.11. The molecule has 2 heterocycles. The van der Waals surface area contributed by atoms with E-state index in [1.165, 1.54) is 11.3 Å². The number of hydrogen-bond acceptors (Lipinski definition) is 3. The van der Waals surface area contributed by atoms with E-state index in [2.05, 4.69) is 11.8 Å². The van der Waals surface area contributed by atoms with Crippen molar-refractivity contribution in [2.24, 2.45) is 0 Å². The fourth-order valence-corrected chi connectivity index (χ4v) is 2.87. The summed E-state index contributed by atoms with van der Waals surface area (Å²) in [6.45, 7) is 1.83. The quantitative estimate of drug-likeness (QED) is 0.729. The summed E-state index contributed by atoms with van der Waals surface area (Å²) in [6, 6.07) is 7.68. The van der Waals surface area contributed by atoms with E-state index in [1.54, 1.807) is 17.4 Å². The van der Waals surface area contributed by atoms with Crippen molar-refractivity contribution in [1.29, 1.82) is 0 Å². The Morgan fingerprint density at radius 1 is 1.07 bits per heavy atom. The third-order valence-corrected chi connectivity index (χ3v) is 3.77. The Morgan fingerprint density at radius 2 is 1.79 bits per heavy atom. The summed E-state index contributed by atoms with van der Waals surface area (Å²) < 4.78 is 0. The molecule has 2 rings (SSSR count). The first-order chi connectivity index (χ1) is 6.79. The van der Waals surface area contributed by atoms with E-state index >= 15 is 0 Å². The van der Waals surface area contributed by atoms with Gasteiger partial charge >= 0.3 is 0 Å². The van der Waals surface area contributed by atoms with Crippen molar-refractivity contribution in [3.05, 3.63) is 29.1 Å². The average Bonchev–Trinajstić information content (AvgIpc) is 2.74. The summed E-state index contributed by atoms with van der Waals surface area (Å²) in [5, 5.41) is 9.58. The van der Waals surface area contributed by atoms with Crippen LogP contribution in [0.1, 0.15) is 11.8 Å². The Balaban J connectivity index is 2.36. The largest absolute Gasteiger partial charge is 0.499 e. The number of thiophene rings is 2. The van der Waals surface area contributed by atoms with Crippen LogP contribution in [-0.4, -0.2) is 5.11 Å². The summed E-state index contributed by atoms with van der Waals surface area (Å²) >= 11 is 3.04. The Bertz CT molecular complexity index is 497. The zero-order chi connectivity index (χ0) is 9.97. The first kappa shape index (κ1) is 9.32. The molecule has 1 N–H and O–H groups in total. The lowest BCUT2D eigenvalue weighted by atomic mass is 10.4. The lowest BCUT2D eigenvalue weighted by Gasteiger charge is -1.86. The molecule has 2 aromatic rings. The Labute approximate surface area is 90.7 Å². The van der Waals surface area contributed by atoms with E-state index < -0.39 is 0 Å².